The number of amides is 1. The molecule has 1 unspecified atom stereocenters. The summed E-state index contributed by atoms with van der Waals surface area (Å²) >= 11 is 3.16. The third kappa shape index (κ3) is 4.34. The molecule has 1 aromatic rings. The monoisotopic (exact) mass is 341 g/mol. The van der Waals surface area contributed by atoms with E-state index in [4.69, 9.17) is 4.74 Å². The number of alkyl carbamates (subject to hydrolysis) is 1. The Kier molecular flexibility index (Phi) is 5.34. The van der Waals surface area contributed by atoms with Crippen LogP contribution in [0.25, 0.3) is 0 Å². The summed E-state index contributed by atoms with van der Waals surface area (Å²) in [5.41, 5.74) is -1.01. The minimum atomic E-state index is -1.12. The molecule has 0 aliphatic heterocycles. The molecule has 0 fully saturated rings. The van der Waals surface area contributed by atoms with Crippen LogP contribution in [0, 0.1) is 0 Å². The highest BCUT2D eigenvalue weighted by molar-refractivity contribution is 9.09. The molecule has 1 amide bonds. The van der Waals surface area contributed by atoms with E-state index in [1.165, 1.54) is 0 Å². The van der Waals surface area contributed by atoms with E-state index < -0.39 is 17.2 Å². The number of benzene rings is 1. The Morgan fingerprint density at radius 3 is 2.15 bits per heavy atom. The molecule has 0 saturated carbocycles. The van der Waals surface area contributed by atoms with Crippen LogP contribution >= 0.6 is 15.9 Å². The van der Waals surface area contributed by atoms with Crippen molar-refractivity contribution < 1.29 is 14.3 Å². The summed E-state index contributed by atoms with van der Waals surface area (Å²) < 4.78 is 5.23. The van der Waals surface area contributed by atoms with Crippen molar-refractivity contribution >= 4 is 27.8 Å². The van der Waals surface area contributed by atoms with Gasteiger partial charge in [-0.05, 0) is 33.3 Å². The lowest BCUT2D eigenvalue weighted by atomic mass is 9.88. The number of carbonyl (C=O) groups excluding carboxylic acids is 2. The van der Waals surface area contributed by atoms with Gasteiger partial charge in [0.1, 0.15) is 11.1 Å². The van der Waals surface area contributed by atoms with Gasteiger partial charge in [0.15, 0.2) is 5.78 Å². The van der Waals surface area contributed by atoms with E-state index in [2.05, 4.69) is 21.2 Å². The Bertz CT molecular complexity index is 482. The molecular weight excluding hydrogens is 322 g/mol. The molecule has 0 radical (unpaired) electrons. The van der Waals surface area contributed by atoms with Crippen molar-refractivity contribution in [2.24, 2.45) is 0 Å². The Morgan fingerprint density at radius 1 is 1.15 bits per heavy atom. The fourth-order valence-corrected chi connectivity index (χ4v) is 2.28. The molecule has 1 rings (SSSR count). The minimum absolute atomic E-state index is 0.144. The predicted octanol–water partition coefficient (Wildman–Crippen LogP) is 3.39. The average molecular weight is 342 g/mol. The summed E-state index contributed by atoms with van der Waals surface area (Å²) in [6, 6.07) is 9.11. The van der Waals surface area contributed by atoms with Crippen molar-refractivity contribution in [3.63, 3.8) is 0 Å². The highest BCUT2D eigenvalue weighted by atomic mass is 79.9. The lowest BCUT2D eigenvalue weighted by Crippen LogP contribution is -2.51. The Hall–Kier alpha value is -1.36. The first-order valence-corrected chi connectivity index (χ1v) is 7.47. The summed E-state index contributed by atoms with van der Waals surface area (Å²) in [6.45, 7) is 7.01. The smallest absolute Gasteiger partial charge is 0.408 e. The number of ether oxygens (including phenoxy) is 1. The minimum Gasteiger partial charge on any atom is -0.444 e. The van der Waals surface area contributed by atoms with Crippen LogP contribution in [0.1, 0.15) is 33.3 Å². The van der Waals surface area contributed by atoms with Crippen LogP contribution in [-0.4, -0.2) is 22.8 Å². The molecule has 0 aromatic heterocycles. The van der Waals surface area contributed by atoms with Gasteiger partial charge in [0.05, 0.1) is 5.33 Å². The molecule has 1 aromatic carbocycles. The van der Waals surface area contributed by atoms with Gasteiger partial charge in [0.25, 0.3) is 0 Å². The number of halogens is 1. The molecule has 0 bridgehead atoms. The molecule has 0 heterocycles. The van der Waals surface area contributed by atoms with Crippen LogP contribution in [0.15, 0.2) is 30.3 Å². The van der Waals surface area contributed by atoms with Gasteiger partial charge in [-0.1, -0.05) is 46.3 Å². The highest BCUT2D eigenvalue weighted by Gasteiger charge is 2.37. The van der Waals surface area contributed by atoms with Gasteiger partial charge in [0, 0.05) is 0 Å². The standard InChI is InChI=1S/C15H20BrNO3/c1-14(2,3)20-13(19)17-15(4,12(18)10-16)11-8-6-5-7-9-11/h5-9H,10H2,1-4H3,(H,17,19). The second-order valence-corrected chi connectivity index (χ2v) is 6.24. The first-order chi connectivity index (χ1) is 9.19. The molecule has 0 aliphatic rings. The molecule has 110 valence electrons. The highest BCUT2D eigenvalue weighted by Crippen LogP contribution is 2.23. The van der Waals surface area contributed by atoms with Crippen LogP contribution in [0.4, 0.5) is 4.79 Å². The van der Waals surface area contributed by atoms with Gasteiger partial charge >= 0.3 is 6.09 Å². The zero-order chi connectivity index (χ0) is 15.4. The molecule has 20 heavy (non-hydrogen) atoms. The van der Waals surface area contributed by atoms with Crippen molar-refractivity contribution in [1.82, 2.24) is 5.32 Å². The number of alkyl halides is 1. The second kappa shape index (κ2) is 6.39. The van der Waals surface area contributed by atoms with E-state index in [-0.39, 0.29) is 11.1 Å². The van der Waals surface area contributed by atoms with Gasteiger partial charge < -0.3 is 10.1 Å². The fraction of sp³-hybridized carbons (Fsp3) is 0.467. The fourth-order valence-electron chi connectivity index (χ4n) is 1.72. The quantitative estimate of drug-likeness (QED) is 0.854. The summed E-state index contributed by atoms with van der Waals surface area (Å²) in [5.74, 6) is -0.144. The van der Waals surface area contributed by atoms with Crippen molar-refractivity contribution in [2.75, 3.05) is 5.33 Å². The number of nitrogens with one attached hydrogen (secondary N) is 1. The van der Waals surface area contributed by atoms with E-state index in [0.29, 0.717) is 0 Å². The molecule has 1 atom stereocenters. The summed E-state index contributed by atoms with van der Waals surface area (Å²) in [6.07, 6.45) is -0.613. The number of hydrogen-bond donors (Lipinski definition) is 1. The second-order valence-electron chi connectivity index (χ2n) is 5.67. The molecule has 0 aliphatic carbocycles. The zero-order valence-corrected chi connectivity index (χ0v) is 13.8. The van der Waals surface area contributed by atoms with Crippen LogP contribution in [-0.2, 0) is 15.1 Å². The van der Waals surface area contributed by atoms with Crippen molar-refractivity contribution in [1.29, 1.82) is 0 Å². The zero-order valence-electron chi connectivity index (χ0n) is 12.2. The lowest BCUT2D eigenvalue weighted by Gasteiger charge is -2.30. The first-order valence-electron chi connectivity index (χ1n) is 6.35. The van der Waals surface area contributed by atoms with Crippen LogP contribution in [0.2, 0.25) is 0 Å². The van der Waals surface area contributed by atoms with Gasteiger partial charge in [-0.15, -0.1) is 0 Å². The Balaban J connectivity index is 3.02. The maximum Gasteiger partial charge on any atom is 0.408 e. The topological polar surface area (TPSA) is 55.4 Å². The third-order valence-electron chi connectivity index (χ3n) is 2.78. The van der Waals surface area contributed by atoms with E-state index in [0.717, 1.165) is 5.56 Å². The molecule has 4 nitrogen and oxygen atoms in total. The lowest BCUT2D eigenvalue weighted by molar-refractivity contribution is -0.122. The number of rotatable bonds is 4. The summed E-state index contributed by atoms with van der Waals surface area (Å²) in [7, 11) is 0. The Morgan fingerprint density at radius 2 is 1.70 bits per heavy atom. The van der Waals surface area contributed by atoms with Crippen LogP contribution in [0.3, 0.4) is 0 Å². The molecule has 1 N–H and O–H groups in total. The number of Topliss-reactive ketones (excluding diaryl/α,β-unsaturated/α-hetero) is 1. The average Bonchev–Trinajstić information content (AvgIpc) is 2.36. The van der Waals surface area contributed by atoms with E-state index >= 15 is 0 Å². The van der Waals surface area contributed by atoms with Crippen molar-refractivity contribution in [3.05, 3.63) is 35.9 Å². The van der Waals surface area contributed by atoms with Crippen molar-refractivity contribution in [3.8, 4) is 0 Å². The van der Waals surface area contributed by atoms with Gasteiger partial charge in [-0.2, -0.15) is 0 Å². The van der Waals surface area contributed by atoms with Gasteiger partial charge in [0.2, 0.25) is 0 Å². The van der Waals surface area contributed by atoms with Crippen LogP contribution < -0.4 is 5.32 Å². The predicted molar refractivity (Wildman–Crippen MR) is 82.0 cm³/mol. The number of hydrogen-bond acceptors (Lipinski definition) is 3. The number of carbonyl (C=O) groups is 2. The number of ketones is 1. The molecule has 0 spiro atoms. The normalized spacial score (nSPS) is 14.2. The molecule has 5 heteroatoms. The summed E-state index contributed by atoms with van der Waals surface area (Å²) in [5, 5.41) is 2.82. The summed E-state index contributed by atoms with van der Waals surface area (Å²) in [4.78, 5) is 24.2. The van der Waals surface area contributed by atoms with E-state index in [9.17, 15) is 9.59 Å². The SMILES string of the molecule is CC(C)(C)OC(=O)NC(C)(C(=O)CBr)c1ccccc1. The van der Waals surface area contributed by atoms with Gasteiger partial charge in [-0.3, -0.25) is 4.79 Å². The van der Waals surface area contributed by atoms with E-state index in [1.54, 1.807) is 39.8 Å². The molecular formula is C15H20BrNO3. The largest absolute Gasteiger partial charge is 0.444 e. The first kappa shape index (κ1) is 16.7. The van der Waals surface area contributed by atoms with Crippen LogP contribution in [0.5, 0.6) is 0 Å². The van der Waals surface area contributed by atoms with Crippen molar-refractivity contribution in [2.45, 2.75) is 38.8 Å². The maximum atomic E-state index is 12.2. The Labute approximate surface area is 128 Å². The molecule has 0 saturated heterocycles. The third-order valence-corrected chi connectivity index (χ3v) is 3.29. The van der Waals surface area contributed by atoms with E-state index in [1.807, 2.05) is 18.2 Å². The maximum absolute atomic E-state index is 12.2. The van der Waals surface area contributed by atoms with Gasteiger partial charge in [-0.25, -0.2) is 4.79 Å².